The van der Waals surface area contributed by atoms with Crippen molar-refractivity contribution >= 4 is 17.6 Å². The maximum absolute atomic E-state index is 5.99. The number of halogens is 1. The number of nitrogens with zero attached hydrogens (tertiary/aromatic N) is 1. The third kappa shape index (κ3) is 5.49. The lowest BCUT2D eigenvalue weighted by atomic mass is 10.1. The predicted molar refractivity (Wildman–Crippen MR) is 80.9 cm³/mol. The minimum atomic E-state index is -0.0566. The molecule has 0 saturated heterocycles. The Bertz CT molecular complexity index is 409. The van der Waals surface area contributed by atoms with Gasteiger partial charge >= 0.3 is 0 Å². The molecular formula is C14H22ClN3O. The second-order valence-corrected chi connectivity index (χ2v) is 4.60. The Morgan fingerprint density at radius 2 is 2.21 bits per heavy atom. The highest BCUT2D eigenvalue weighted by molar-refractivity contribution is 6.30. The maximum Gasteiger partial charge on any atom is 0.191 e. The van der Waals surface area contributed by atoms with Crippen molar-refractivity contribution in [1.82, 2.24) is 10.6 Å². The molecule has 1 aromatic rings. The first kappa shape index (κ1) is 15.8. The van der Waals surface area contributed by atoms with E-state index in [1.54, 1.807) is 14.2 Å². The molecule has 0 saturated carbocycles. The zero-order valence-electron chi connectivity index (χ0n) is 11.7. The van der Waals surface area contributed by atoms with Gasteiger partial charge < -0.3 is 15.4 Å². The minimum Gasteiger partial charge on any atom is -0.375 e. The van der Waals surface area contributed by atoms with Gasteiger partial charge in [0.1, 0.15) is 0 Å². The van der Waals surface area contributed by atoms with Crippen LogP contribution in [-0.2, 0) is 4.74 Å². The van der Waals surface area contributed by atoms with Gasteiger partial charge in [0.15, 0.2) is 5.96 Å². The van der Waals surface area contributed by atoms with Crippen LogP contribution in [0.5, 0.6) is 0 Å². The van der Waals surface area contributed by atoms with Crippen molar-refractivity contribution < 1.29 is 4.74 Å². The molecule has 19 heavy (non-hydrogen) atoms. The van der Waals surface area contributed by atoms with Gasteiger partial charge in [0, 0.05) is 32.3 Å². The van der Waals surface area contributed by atoms with Gasteiger partial charge in [-0.3, -0.25) is 4.99 Å². The molecule has 0 aromatic heterocycles. The summed E-state index contributed by atoms with van der Waals surface area (Å²) in [7, 11) is 3.45. The second kappa shape index (κ2) is 8.77. The molecule has 2 N–H and O–H groups in total. The molecule has 0 aliphatic rings. The van der Waals surface area contributed by atoms with Crippen LogP contribution in [0.2, 0.25) is 5.02 Å². The molecule has 0 radical (unpaired) electrons. The molecule has 1 rings (SSSR count). The predicted octanol–water partition coefficient (Wildman–Crippen LogP) is 2.60. The number of nitrogens with one attached hydrogen (secondary N) is 2. The van der Waals surface area contributed by atoms with E-state index in [0.29, 0.717) is 11.6 Å². The van der Waals surface area contributed by atoms with Crippen LogP contribution in [0.25, 0.3) is 0 Å². The standard InChI is InChI=1S/C14H22ClN3O/c1-4-8-17-14(16-2)18-10-13(19-3)11-6-5-7-12(15)9-11/h5-7,9,13H,4,8,10H2,1-3H3,(H2,16,17,18). The summed E-state index contributed by atoms with van der Waals surface area (Å²) in [6.07, 6.45) is 1.00. The lowest BCUT2D eigenvalue weighted by Gasteiger charge is -2.18. The molecule has 0 heterocycles. The zero-order valence-corrected chi connectivity index (χ0v) is 12.5. The molecule has 1 atom stereocenters. The van der Waals surface area contributed by atoms with Crippen molar-refractivity contribution in [2.75, 3.05) is 27.2 Å². The number of benzene rings is 1. The van der Waals surface area contributed by atoms with Gasteiger partial charge in [0.05, 0.1) is 6.10 Å². The van der Waals surface area contributed by atoms with Crippen molar-refractivity contribution in [3.63, 3.8) is 0 Å². The van der Waals surface area contributed by atoms with Gasteiger partial charge in [-0.1, -0.05) is 30.7 Å². The number of guanidine groups is 1. The van der Waals surface area contributed by atoms with E-state index in [4.69, 9.17) is 16.3 Å². The van der Waals surface area contributed by atoms with E-state index in [0.717, 1.165) is 24.5 Å². The quantitative estimate of drug-likeness (QED) is 0.623. The van der Waals surface area contributed by atoms with Gasteiger partial charge in [0.2, 0.25) is 0 Å². The Morgan fingerprint density at radius 1 is 1.42 bits per heavy atom. The summed E-state index contributed by atoms with van der Waals surface area (Å²) in [5, 5.41) is 7.18. The number of methoxy groups -OCH3 is 1. The van der Waals surface area contributed by atoms with E-state index in [-0.39, 0.29) is 6.10 Å². The Hall–Kier alpha value is -1.26. The monoisotopic (exact) mass is 283 g/mol. The number of hydrogen-bond donors (Lipinski definition) is 2. The summed E-state index contributed by atoms with van der Waals surface area (Å²) in [6.45, 7) is 3.65. The van der Waals surface area contributed by atoms with Crippen LogP contribution < -0.4 is 10.6 Å². The first-order chi connectivity index (χ1) is 9.21. The fraction of sp³-hybridized carbons (Fsp3) is 0.500. The minimum absolute atomic E-state index is 0.0566. The maximum atomic E-state index is 5.99. The largest absolute Gasteiger partial charge is 0.375 e. The first-order valence-corrected chi connectivity index (χ1v) is 6.81. The highest BCUT2D eigenvalue weighted by Crippen LogP contribution is 2.19. The lowest BCUT2D eigenvalue weighted by molar-refractivity contribution is 0.106. The fourth-order valence-electron chi connectivity index (χ4n) is 1.70. The SMILES string of the molecule is CCCNC(=NC)NCC(OC)c1cccc(Cl)c1. The highest BCUT2D eigenvalue weighted by atomic mass is 35.5. The summed E-state index contributed by atoms with van der Waals surface area (Å²) >= 11 is 5.99. The lowest BCUT2D eigenvalue weighted by Crippen LogP contribution is -2.39. The molecule has 4 nitrogen and oxygen atoms in total. The Kier molecular flexibility index (Phi) is 7.30. The van der Waals surface area contributed by atoms with Crippen LogP contribution in [0.3, 0.4) is 0 Å². The van der Waals surface area contributed by atoms with Crippen LogP contribution in [0.15, 0.2) is 29.3 Å². The van der Waals surface area contributed by atoms with Crippen LogP contribution in [0, 0.1) is 0 Å². The Labute approximate surface area is 120 Å². The van der Waals surface area contributed by atoms with Gasteiger partial charge in [-0.05, 0) is 24.1 Å². The Morgan fingerprint density at radius 3 is 2.79 bits per heavy atom. The van der Waals surface area contributed by atoms with Crippen molar-refractivity contribution in [2.45, 2.75) is 19.4 Å². The third-order valence-electron chi connectivity index (χ3n) is 2.73. The fourth-order valence-corrected chi connectivity index (χ4v) is 1.90. The number of hydrogen-bond acceptors (Lipinski definition) is 2. The van der Waals surface area contributed by atoms with Gasteiger partial charge in [-0.15, -0.1) is 0 Å². The number of ether oxygens (including phenoxy) is 1. The van der Waals surface area contributed by atoms with E-state index in [2.05, 4.69) is 22.5 Å². The second-order valence-electron chi connectivity index (χ2n) is 4.16. The summed E-state index contributed by atoms with van der Waals surface area (Å²) in [5.74, 6) is 0.783. The third-order valence-corrected chi connectivity index (χ3v) is 2.96. The summed E-state index contributed by atoms with van der Waals surface area (Å²) in [6, 6.07) is 7.70. The molecule has 0 aliphatic carbocycles. The van der Waals surface area contributed by atoms with Gasteiger partial charge in [-0.2, -0.15) is 0 Å². The summed E-state index contributed by atoms with van der Waals surface area (Å²) < 4.78 is 5.49. The highest BCUT2D eigenvalue weighted by Gasteiger charge is 2.11. The molecule has 0 aliphatic heterocycles. The number of rotatable bonds is 6. The zero-order chi connectivity index (χ0) is 14.1. The van der Waals surface area contributed by atoms with Gasteiger partial charge in [0.25, 0.3) is 0 Å². The smallest absolute Gasteiger partial charge is 0.191 e. The van der Waals surface area contributed by atoms with Crippen LogP contribution in [0.1, 0.15) is 25.0 Å². The summed E-state index contributed by atoms with van der Waals surface area (Å²) in [4.78, 5) is 4.16. The topological polar surface area (TPSA) is 45.7 Å². The van der Waals surface area contributed by atoms with Crippen molar-refractivity contribution in [3.8, 4) is 0 Å². The van der Waals surface area contributed by atoms with E-state index in [1.807, 2.05) is 24.3 Å². The van der Waals surface area contributed by atoms with E-state index < -0.39 is 0 Å². The molecule has 1 aromatic carbocycles. The van der Waals surface area contributed by atoms with E-state index >= 15 is 0 Å². The normalized spacial score (nSPS) is 13.2. The van der Waals surface area contributed by atoms with Crippen LogP contribution in [0.4, 0.5) is 0 Å². The molecule has 5 heteroatoms. The van der Waals surface area contributed by atoms with Crippen molar-refractivity contribution in [1.29, 1.82) is 0 Å². The molecule has 106 valence electrons. The van der Waals surface area contributed by atoms with Crippen molar-refractivity contribution in [2.24, 2.45) is 4.99 Å². The molecule has 0 amide bonds. The Balaban J connectivity index is 2.57. The van der Waals surface area contributed by atoms with Gasteiger partial charge in [-0.25, -0.2) is 0 Å². The average molecular weight is 284 g/mol. The van der Waals surface area contributed by atoms with Crippen LogP contribution >= 0.6 is 11.6 Å². The average Bonchev–Trinajstić information content (AvgIpc) is 2.43. The molecule has 0 spiro atoms. The van der Waals surface area contributed by atoms with Crippen molar-refractivity contribution in [3.05, 3.63) is 34.9 Å². The summed E-state index contributed by atoms with van der Waals surface area (Å²) in [5.41, 5.74) is 1.05. The molecular weight excluding hydrogens is 262 g/mol. The molecule has 0 bridgehead atoms. The molecule has 1 unspecified atom stereocenters. The first-order valence-electron chi connectivity index (χ1n) is 6.44. The van der Waals surface area contributed by atoms with E-state index in [1.165, 1.54) is 0 Å². The molecule has 0 fully saturated rings. The van der Waals surface area contributed by atoms with E-state index in [9.17, 15) is 0 Å². The van der Waals surface area contributed by atoms with Crippen LogP contribution in [-0.4, -0.2) is 33.2 Å². The number of aliphatic imine (C=N–C) groups is 1.